The Hall–Kier alpha value is -2.88. The highest BCUT2D eigenvalue weighted by atomic mass is 35.5. The fraction of sp³-hybridized carbons (Fsp3) is 0.423. The molecule has 0 radical (unpaired) electrons. The molecular weight excluding hydrogens is 518 g/mol. The first-order valence-corrected chi connectivity index (χ1v) is 12.9. The lowest BCUT2D eigenvalue weighted by Gasteiger charge is -2.25. The van der Waals surface area contributed by atoms with Gasteiger partial charge in [0.2, 0.25) is 5.91 Å². The highest BCUT2D eigenvalue weighted by molar-refractivity contribution is 6.36. The summed E-state index contributed by atoms with van der Waals surface area (Å²) in [4.78, 5) is 19.5. The third-order valence-corrected chi connectivity index (χ3v) is 7.34. The molecule has 1 unspecified atom stereocenters. The third-order valence-electron chi connectivity index (χ3n) is 6.63. The van der Waals surface area contributed by atoms with Crippen LogP contribution in [0, 0.1) is 5.82 Å². The van der Waals surface area contributed by atoms with Crippen LogP contribution in [-0.2, 0) is 10.3 Å². The van der Waals surface area contributed by atoms with Crippen molar-refractivity contribution in [3.63, 3.8) is 0 Å². The number of benzene rings is 1. The lowest BCUT2D eigenvalue weighted by atomic mass is 10.0. The van der Waals surface area contributed by atoms with Crippen molar-refractivity contribution in [1.29, 1.82) is 0 Å². The number of halogens is 3. The van der Waals surface area contributed by atoms with Crippen LogP contribution in [0.3, 0.4) is 0 Å². The fourth-order valence-corrected chi connectivity index (χ4v) is 4.98. The first-order valence-electron chi connectivity index (χ1n) is 12.2. The summed E-state index contributed by atoms with van der Waals surface area (Å²) in [6.07, 6.45) is 6.77. The molecule has 198 valence electrons. The van der Waals surface area contributed by atoms with Gasteiger partial charge in [0.05, 0.1) is 11.2 Å². The predicted octanol–water partition coefficient (Wildman–Crippen LogP) is 5.06. The van der Waals surface area contributed by atoms with Crippen LogP contribution in [0.5, 0.6) is 5.75 Å². The zero-order chi connectivity index (χ0) is 26.7. The van der Waals surface area contributed by atoms with Gasteiger partial charge in [0.1, 0.15) is 17.5 Å². The molecule has 0 spiro atoms. The van der Waals surface area contributed by atoms with Gasteiger partial charge in [-0.05, 0) is 64.9 Å². The number of hydrogen-bond acceptors (Lipinski definition) is 6. The number of nitrogens with zero attached hydrogens (tertiary/aromatic N) is 4. The van der Waals surface area contributed by atoms with Gasteiger partial charge in [-0.3, -0.25) is 9.48 Å². The Morgan fingerprint density at radius 1 is 1.24 bits per heavy atom. The average molecular weight is 549 g/mol. The normalized spacial score (nSPS) is 15.1. The fourth-order valence-electron chi connectivity index (χ4n) is 4.30. The highest BCUT2D eigenvalue weighted by Crippen LogP contribution is 2.37. The average Bonchev–Trinajstić information content (AvgIpc) is 3.56. The second kappa shape index (κ2) is 11.2. The number of nitrogens with two attached hydrogens (primary N) is 1. The quantitative estimate of drug-likeness (QED) is 0.362. The Morgan fingerprint density at radius 2 is 1.97 bits per heavy atom. The van der Waals surface area contributed by atoms with Crippen LogP contribution in [0.15, 0.2) is 36.8 Å². The van der Waals surface area contributed by atoms with E-state index in [0.717, 1.165) is 25.2 Å². The number of amides is 1. The lowest BCUT2D eigenvalue weighted by Crippen LogP contribution is -2.46. The number of pyridine rings is 1. The number of nitrogen functional groups attached to an aromatic ring is 1. The van der Waals surface area contributed by atoms with Gasteiger partial charge in [-0.1, -0.05) is 23.2 Å². The first-order chi connectivity index (χ1) is 17.6. The summed E-state index contributed by atoms with van der Waals surface area (Å²) in [5.41, 5.74) is 6.88. The minimum absolute atomic E-state index is 0.107. The summed E-state index contributed by atoms with van der Waals surface area (Å²) in [5.74, 6) is -0.262. The molecule has 3 N–H and O–H groups in total. The largest absolute Gasteiger partial charge is 0.482 e. The van der Waals surface area contributed by atoms with E-state index in [1.807, 2.05) is 13.8 Å². The van der Waals surface area contributed by atoms with Gasteiger partial charge in [0.15, 0.2) is 11.6 Å². The van der Waals surface area contributed by atoms with E-state index in [4.69, 9.17) is 33.7 Å². The van der Waals surface area contributed by atoms with Gasteiger partial charge in [-0.15, -0.1) is 0 Å². The van der Waals surface area contributed by atoms with Crippen LogP contribution in [0.4, 0.5) is 10.2 Å². The van der Waals surface area contributed by atoms with Gasteiger partial charge in [0.25, 0.3) is 0 Å². The molecule has 3 aromatic rings. The Labute approximate surface area is 225 Å². The Balaban J connectivity index is 1.48. The van der Waals surface area contributed by atoms with E-state index in [9.17, 15) is 9.18 Å². The molecule has 1 aliphatic rings. The number of aromatic nitrogens is 3. The van der Waals surface area contributed by atoms with Gasteiger partial charge in [0, 0.05) is 47.2 Å². The van der Waals surface area contributed by atoms with Crippen molar-refractivity contribution in [2.75, 3.05) is 31.9 Å². The number of hydrogen-bond donors (Lipinski definition) is 2. The molecule has 0 bridgehead atoms. The Morgan fingerprint density at radius 3 is 2.70 bits per heavy atom. The molecule has 1 aromatic carbocycles. The predicted molar refractivity (Wildman–Crippen MR) is 143 cm³/mol. The number of likely N-dealkylation sites (tertiary alicyclic amines) is 1. The number of ether oxygens (including phenoxy) is 1. The Bertz CT molecular complexity index is 1280. The molecule has 1 aliphatic heterocycles. The number of rotatable bonds is 9. The minimum atomic E-state index is -0.900. The molecule has 1 saturated heterocycles. The minimum Gasteiger partial charge on any atom is -0.482 e. The monoisotopic (exact) mass is 548 g/mol. The third kappa shape index (κ3) is 6.00. The summed E-state index contributed by atoms with van der Waals surface area (Å²) in [6.45, 7) is 8.95. The van der Waals surface area contributed by atoms with Gasteiger partial charge in [-0.2, -0.15) is 5.10 Å². The van der Waals surface area contributed by atoms with E-state index in [-0.39, 0.29) is 27.5 Å². The molecule has 8 nitrogen and oxygen atoms in total. The molecule has 11 heteroatoms. The summed E-state index contributed by atoms with van der Waals surface area (Å²) < 4.78 is 21.6. The van der Waals surface area contributed by atoms with Gasteiger partial charge < -0.3 is 20.7 Å². The molecule has 3 heterocycles. The van der Waals surface area contributed by atoms with Crippen molar-refractivity contribution >= 4 is 34.9 Å². The van der Waals surface area contributed by atoms with Crippen molar-refractivity contribution < 1.29 is 13.9 Å². The van der Waals surface area contributed by atoms with Crippen LogP contribution in [0.25, 0.3) is 11.1 Å². The van der Waals surface area contributed by atoms with Crippen molar-refractivity contribution in [3.05, 3.63) is 58.2 Å². The topological polar surface area (TPSA) is 98.3 Å². The van der Waals surface area contributed by atoms with E-state index >= 15 is 0 Å². The molecule has 1 amide bonds. The molecule has 4 rings (SSSR count). The smallest absolute Gasteiger partial charge is 0.247 e. The van der Waals surface area contributed by atoms with Crippen LogP contribution in [-0.4, -0.2) is 51.8 Å². The number of nitrogens with one attached hydrogen (secondary N) is 1. The van der Waals surface area contributed by atoms with E-state index < -0.39 is 17.5 Å². The van der Waals surface area contributed by atoms with Crippen LogP contribution >= 0.6 is 23.2 Å². The van der Waals surface area contributed by atoms with Crippen LogP contribution < -0.4 is 15.8 Å². The second-order valence-electron chi connectivity index (χ2n) is 9.66. The molecule has 0 saturated carbocycles. The summed E-state index contributed by atoms with van der Waals surface area (Å²) in [7, 11) is 0. The number of anilines is 1. The molecule has 1 fully saturated rings. The molecule has 2 aromatic heterocycles. The molecule has 0 aliphatic carbocycles. The number of carbonyl (C=O) groups is 1. The Kier molecular flexibility index (Phi) is 8.26. The van der Waals surface area contributed by atoms with E-state index in [0.29, 0.717) is 17.7 Å². The van der Waals surface area contributed by atoms with E-state index in [1.54, 1.807) is 36.3 Å². The molecule has 37 heavy (non-hydrogen) atoms. The molecule has 1 atom stereocenters. The van der Waals surface area contributed by atoms with E-state index in [2.05, 4.69) is 20.3 Å². The summed E-state index contributed by atoms with van der Waals surface area (Å²) in [5, 5.41) is 7.63. The standard InChI is InChI=1S/C26H31Cl2FN6O2/c1-16(22-19(27)6-7-20(29)23(22)28)37-21-12-17(13-32-24(21)30)18-14-33-35(15-18)26(2,3)25(36)31-8-11-34-9-4-5-10-34/h6-7,12-16H,4-5,8-11H2,1-3H3,(H2,30,32)(H,31,36). The summed E-state index contributed by atoms with van der Waals surface area (Å²) >= 11 is 12.4. The zero-order valence-corrected chi connectivity index (χ0v) is 22.6. The van der Waals surface area contributed by atoms with Crippen molar-refractivity contribution in [2.45, 2.75) is 45.3 Å². The van der Waals surface area contributed by atoms with Gasteiger partial charge >= 0.3 is 0 Å². The van der Waals surface area contributed by atoms with Crippen LogP contribution in [0.2, 0.25) is 10.0 Å². The first kappa shape index (κ1) is 27.2. The van der Waals surface area contributed by atoms with Crippen LogP contribution in [0.1, 0.15) is 45.3 Å². The van der Waals surface area contributed by atoms with Gasteiger partial charge in [-0.25, -0.2) is 9.37 Å². The summed E-state index contributed by atoms with van der Waals surface area (Å²) in [6, 6.07) is 4.34. The second-order valence-corrected chi connectivity index (χ2v) is 10.4. The van der Waals surface area contributed by atoms with Crippen molar-refractivity contribution in [1.82, 2.24) is 25.0 Å². The maximum atomic E-state index is 14.0. The lowest BCUT2D eigenvalue weighted by molar-refractivity contribution is -0.128. The maximum absolute atomic E-state index is 14.0. The zero-order valence-electron chi connectivity index (χ0n) is 21.1. The number of carbonyl (C=O) groups excluding carboxylic acids is 1. The maximum Gasteiger partial charge on any atom is 0.247 e. The van der Waals surface area contributed by atoms with E-state index in [1.165, 1.54) is 25.0 Å². The highest BCUT2D eigenvalue weighted by Gasteiger charge is 2.31. The van der Waals surface area contributed by atoms with Crippen molar-refractivity contribution in [2.24, 2.45) is 0 Å². The molecular formula is C26H31Cl2FN6O2. The van der Waals surface area contributed by atoms with Crippen molar-refractivity contribution in [3.8, 4) is 16.9 Å². The SMILES string of the molecule is CC(Oc1cc(-c2cnn(C(C)(C)C(=O)NCCN3CCCC3)c2)cnc1N)c1c(Cl)ccc(F)c1Cl.